The molecule has 1 amide bonds. The van der Waals surface area contributed by atoms with Gasteiger partial charge in [0.1, 0.15) is 5.58 Å². The summed E-state index contributed by atoms with van der Waals surface area (Å²) in [7, 11) is 0. The second-order valence-electron chi connectivity index (χ2n) is 5.00. The van der Waals surface area contributed by atoms with Crippen LogP contribution in [0.4, 0.5) is 5.13 Å². The Morgan fingerprint density at radius 1 is 1.44 bits per heavy atom. The summed E-state index contributed by atoms with van der Waals surface area (Å²) in [5, 5.41) is 11.5. The monoisotopic (exact) mass is 393 g/mol. The molecule has 2 aromatic heterocycles. The number of nitrogens with one attached hydrogen (secondary N) is 1. The van der Waals surface area contributed by atoms with Crippen LogP contribution >= 0.6 is 34.7 Å². The van der Waals surface area contributed by atoms with E-state index in [-0.39, 0.29) is 11.2 Å². The average Bonchev–Trinajstić information content (AvgIpc) is 3.02. The Balaban J connectivity index is 1.87. The number of thioether (sulfide) groups is 1. The number of hydrogen-bond acceptors (Lipinski definition) is 7. The first-order valence-electron chi connectivity index (χ1n) is 7.10. The molecule has 0 saturated carbocycles. The Bertz CT molecular complexity index is 1030. The van der Waals surface area contributed by atoms with Crippen LogP contribution in [0.25, 0.3) is 11.0 Å². The standard InChI is InChI=1S/C16H12ClN3O3S2/c1-3-4-24-16-20-19-15(25-16)18-14(22)13-7-11(21)9-6-10(17)8(2)5-12(9)23-13/h3,5-7H,1,4H2,2H3,(H,18,19,22). The minimum atomic E-state index is -0.567. The van der Waals surface area contributed by atoms with E-state index < -0.39 is 5.91 Å². The molecule has 3 aromatic rings. The summed E-state index contributed by atoms with van der Waals surface area (Å²) in [6.07, 6.45) is 1.75. The number of aromatic nitrogens is 2. The van der Waals surface area contributed by atoms with Crippen molar-refractivity contribution in [3.8, 4) is 0 Å². The van der Waals surface area contributed by atoms with Gasteiger partial charge >= 0.3 is 0 Å². The maximum absolute atomic E-state index is 12.3. The van der Waals surface area contributed by atoms with E-state index >= 15 is 0 Å². The van der Waals surface area contributed by atoms with Crippen molar-refractivity contribution in [2.45, 2.75) is 11.3 Å². The third-order valence-electron chi connectivity index (χ3n) is 3.18. The number of amides is 1. The van der Waals surface area contributed by atoms with Crippen molar-refractivity contribution in [2.75, 3.05) is 11.1 Å². The lowest BCUT2D eigenvalue weighted by molar-refractivity contribution is 0.0997. The number of carbonyl (C=O) groups excluding carboxylic acids is 1. The fourth-order valence-electron chi connectivity index (χ4n) is 2.00. The minimum Gasteiger partial charge on any atom is -0.451 e. The first kappa shape index (κ1) is 17.7. The normalized spacial score (nSPS) is 10.8. The fraction of sp³-hybridized carbons (Fsp3) is 0.125. The molecule has 2 heterocycles. The summed E-state index contributed by atoms with van der Waals surface area (Å²) in [5.41, 5.74) is 0.717. The van der Waals surface area contributed by atoms with Gasteiger partial charge in [0, 0.05) is 16.8 Å². The number of hydrogen-bond donors (Lipinski definition) is 1. The molecule has 0 atom stereocenters. The zero-order chi connectivity index (χ0) is 18.0. The van der Waals surface area contributed by atoms with Gasteiger partial charge in [-0.3, -0.25) is 14.9 Å². The van der Waals surface area contributed by atoms with Gasteiger partial charge in [-0.1, -0.05) is 40.8 Å². The number of fused-ring (bicyclic) bond motifs is 1. The molecule has 0 aliphatic heterocycles. The van der Waals surface area contributed by atoms with Crippen LogP contribution in [-0.2, 0) is 0 Å². The van der Waals surface area contributed by atoms with Crippen LogP contribution in [0.15, 0.2) is 44.4 Å². The van der Waals surface area contributed by atoms with Crippen molar-refractivity contribution in [2.24, 2.45) is 0 Å². The largest absolute Gasteiger partial charge is 0.451 e. The Kier molecular flexibility index (Phi) is 5.22. The predicted octanol–water partition coefficient (Wildman–Crippen LogP) is 4.14. The molecule has 25 heavy (non-hydrogen) atoms. The molecule has 3 rings (SSSR count). The zero-order valence-corrected chi connectivity index (χ0v) is 15.4. The maximum atomic E-state index is 12.3. The number of rotatable bonds is 5. The second-order valence-corrected chi connectivity index (χ2v) is 7.65. The van der Waals surface area contributed by atoms with E-state index in [0.29, 0.717) is 31.2 Å². The van der Waals surface area contributed by atoms with Crippen molar-refractivity contribution in [1.29, 1.82) is 0 Å². The number of carbonyl (C=O) groups is 1. The van der Waals surface area contributed by atoms with Gasteiger partial charge in [-0.2, -0.15) is 0 Å². The predicted molar refractivity (Wildman–Crippen MR) is 101 cm³/mol. The molecule has 0 unspecified atom stereocenters. The lowest BCUT2D eigenvalue weighted by atomic mass is 10.1. The van der Waals surface area contributed by atoms with Crippen molar-refractivity contribution in [1.82, 2.24) is 10.2 Å². The molecule has 0 fully saturated rings. The van der Waals surface area contributed by atoms with Gasteiger partial charge in [0.05, 0.1) is 5.39 Å². The molecule has 6 nitrogen and oxygen atoms in total. The van der Waals surface area contributed by atoms with E-state index in [0.717, 1.165) is 11.6 Å². The number of anilines is 1. The Morgan fingerprint density at radius 2 is 2.24 bits per heavy atom. The molecular formula is C16H12ClN3O3S2. The van der Waals surface area contributed by atoms with Gasteiger partial charge in [0.25, 0.3) is 5.91 Å². The van der Waals surface area contributed by atoms with Gasteiger partial charge in [0.15, 0.2) is 15.5 Å². The SMILES string of the molecule is C=CCSc1nnc(NC(=O)c2cc(=O)c3cc(Cl)c(C)cc3o2)s1. The molecule has 0 aliphatic rings. The van der Waals surface area contributed by atoms with Crippen LogP contribution in [0, 0.1) is 6.92 Å². The van der Waals surface area contributed by atoms with Crippen molar-refractivity contribution >= 4 is 56.7 Å². The molecule has 0 aliphatic carbocycles. The maximum Gasteiger partial charge on any atom is 0.293 e. The highest BCUT2D eigenvalue weighted by molar-refractivity contribution is 8.01. The fourth-order valence-corrected chi connectivity index (χ4v) is 3.67. The van der Waals surface area contributed by atoms with E-state index in [4.69, 9.17) is 16.0 Å². The molecule has 1 N–H and O–H groups in total. The van der Waals surface area contributed by atoms with Crippen LogP contribution < -0.4 is 10.7 Å². The van der Waals surface area contributed by atoms with Crippen molar-refractivity contribution in [3.05, 3.63) is 57.4 Å². The van der Waals surface area contributed by atoms with Crippen LogP contribution in [0.2, 0.25) is 5.02 Å². The number of aryl methyl sites for hydroxylation is 1. The van der Waals surface area contributed by atoms with E-state index in [9.17, 15) is 9.59 Å². The summed E-state index contributed by atoms with van der Waals surface area (Å²) in [6, 6.07) is 4.30. The second kappa shape index (κ2) is 7.38. The van der Waals surface area contributed by atoms with Gasteiger partial charge < -0.3 is 4.42 Å². The molecule has 0 radical (unpaired) electrons. The molecule has 128 valence electrons. The third kappa shape index (κ3) is 3.92. The van der Waals surface area contributed by atoms with Gasteiger partial charge in [-0.05, 0) is 24.6 Å². The topological polar surface area (TPSA) is 85.1 Å². The van der Waals surface area contributed by atoms with E-state index in [1.54, 1.807) is 19.1 Å². The third-order valence-corrected chi connectivity index (χ3v) is 5.56. The highest BCUT2D eigenvalue weighted by Gasteiger charge is 2.16. The van der Waals surface area contributed by atoms with Gasteiger partial charge in [-0.25, -0.2) is 0 Å². The Hall–Kier alpha value is -2.16. The van der Waals surface area contributed by atoms with Crippen molar-refractivity contribution in [3.63, 3.8) is 0 Å². The minimum absolute atomic E-state index is 0.102. The van der Waals surface area contributed by atoms with Crippen molar-refractivity contribution < 1.29 is 9.21 Å². The molecular weight excluding hydrogens is 382 g/mol. The quantitative estimate of drug-likeness (QED) is 0.398. The highest BCUT2D eigenvalue weighted by atomic mass is 35.5. The Labute approximate surface area is 155 Å². The summed E-state index contributed by atoms with van der Waals surface area (Å²) in [4.78, 5) is 24.5. The van der Waals surface area contributed by atoms with Gasteiger partial charge in [0.2, 0.25) is 5.13 Å². The van der Waals surface area contributed by atoms with E-state index in [2.05, 4.69) is 22.1 Å². The van der Waals surface area contributed by atoms with Crippen LogP contribution in [0.3, 0.4) is 0 Å². The number of halogens is 1. The summed E-state index contributed by atoms with van der Waals surface area (Å²) in [5.74, 6) is 0.0297. The highest BCUT2D eigenvalue weighted by Crippen LogP contribution is 2.26. The molecule has 0 saturated heterocycles. The lowest BCUT2D eigenvalue weighted by Crippen LogP contribution is -2.15. The van der Waals surface area contributed by atoms with Crippen LogP contribution in [-0.4, -0.2) is 21.9 Å². The van der Waals surface area contributed by atoms with Crippen LogP contribution in [0.1, 0.15) is 16.1 Å². The molecule has 0 bridgehead atoms. The first-order valence-corrected chi connectivity index (χ1v) is 9.28. The molecule has 9 heteroatoms. The number of benzene rings is 1. The summed E-state index contributed by atoms with van der Waals surface area (Å²) in [6.45, 7) is 5.42. The lowest BCUT2D eigenvalue weighted by Gasteiger charge is -2.04. The smallest absolute Gasteiger partial charge is 0.293 e. The summed E-state index contributed by atoms with van der Waals surface area (Å²) < 4.78 is 6.26. The van der Waals surface area contributed by atoms with E-state index in [1.807, 2.05) is 0 Å². The number of nitrogens with zero attached hydrogens (tertiary/aromatic N) is 2. The van der Waals surface area contributed by atoms with Crippen LogP contribution in [0.5, 0.6) is 0 Å². The first-order chi connectivity index (χ1) is 12.0. The average molecular weight is 394 g/mol. The zero-order valence-electron chi connectivity index (χ0n) is 13.0. The molecule has 0 spiro atoms. The summed E-state index contributed by atoms with van der Waals surface area (Å²) >= 11 is 8.72. The molecule has 1 aromatic carbocycles. The van der Waals surface area contributed by atoms with Gasteiger partial charge in [-0.15, -0.1) is 16.8 Å². The Morgan fingerprint density at radius 3 is 3.00 bits per heavy atom. The van der Waals surface area contributed by atoms with E-state index in [1.165, 1.54) is 29.2 Å².